The fourth-order valence-corrected chi connectivity index (χ4v) is 6.17. The molecule has 1 aromatic rings. The molecule has 8 nitrogen and oxygen atoms in total. The number of hydrogen-bond donors (Lipinski definition) is 2. The van der Waals surface area contributed by atoms with Gasteiger partial charge in [0.1, 0.15) is 18.2 Å². The molecule has 1 amide bonds. The number of rotatable bonds is 4. The van der Waals surface area contributed by atoms with Crippen molar-refractivity contribution in [1.29, 1.82) is 0 Å². The van der Waals surface area contributed by atoms with E-state index in [1.807, 2.05) is 24.3 Å². The Morgan fingerprint density at radius 3 is 2.63 bits per heavy atom. The van der Waals surface area contributed by atoms with Crippen LogP contribution in [0.2, 0.25) is 0 Å². The van der Waals surface area contributed by atoms with Crippen LogP contribution in [0.15, 0.2) is 33.8 Å². The molecular weight excluding hydrogens is 404 g/mol. The lowest BCUT2D eigenvalue weighted by Crippen LogP contribution is -2.62. The Morgan fingerprint density at radius 2 is 1.93 bits per heavy atom. The number of carbonyl (C=O) groups excluding carboxylic acids is 1. The zero-order chi connectivity index (χ0) is 20.9. The number of benzene rings is 1. The molecule has 6 rings (SSSR count). The number of nitrogens with zero attached hydrogens (tertiary/aromatic N) is 4. The fourth-order valence-electron chi connectivity index (χ4n) is 5.06. The molecule has 3 fully saturated rings. The third kappa shape index (κ3) is 3.48. The normalized spacial score (nSPS) is 31.0. The zero-order valence-electron chi connectivity index (χ0n) is 17.2. The summed E-state index contributed by atoms with van der Waals surface area (Å²) in [6.45, 7) is 1.16. The Bertz CT molecular complexity index is 906. The maximum Gasteiger partial charge on any atom is 0.242 e. The second-order valence-electron chi connectivity index (χ2n) is 8.73. The number of hydrazone groups is 1. The lowest BCUT2D eigenvalue weighted by atomic mass is 9.67. The number of ether oxygens (including phenoxy) is 1. The van der Waals surface area contributed by atoms with Crippen LogP contribution in [0, 0.1) is 5.41 Å². The van der Waals surface area contributed by atoms with Gasteiger partial charge in [-0.25, -0.2) is 5.01 Å². The number of carbonyl (C=O) groups is 1. The molecule has 0 radical (unpaired) electrons. The number of amides is 1. The molecule has 30 heavy (non-hydrogen) atoms. The van der Waals surface area contributed by atoms with Crippen LogP contribution < -0.4 is 4.74 Å². The van der Waals surface area contributed by atoms with E-state index in [0.29, 0.717) is 37.8 Å². The first-order valence-corrected chi connectivity index (χ1v) is 12.2. The van der Waals surface area contributed by atoms with Crippen molar-refractivity contribution in [3.05, 3.63) is 29.8 Å². The minimum absolute atomic E-state index is 0.0384. The summed E-state index contributed by atoms with van der Waals surface area (Å²) in [7, 11) is -1.19. The predicted octanol–water partition coefficient (Wildman–Crippen LogP) is 3.34. The van der Waals surface area contributed by atoms with Crippen molar-refractivity contribution < 1.29 is 18.6 Å². The fraction of sp³-hybridized carbons (Fsp3) is 0.571. The highest BCUT2D eigenvalue weighted by Gasteiger charge is 2.52. The molecule has 9 heteroatoms. The van der Waals surface area contributed by atoms with Gasteiger partial charge in [0.2, 0.25) is 5.91 Å². The van der Waals surface area contributed by atoms with Gasteiger partial charge in [0.15, 0.2) is 0 Å². The lowest BCUT2D eigenvalue weighted by molar-refractivity contribution is -0.130. The first-order chi connectivity index (χ1) is 14.4. The zero-order valence-corrected chi connectivity index (χ0v) is 18.0. The van der Waals surface area contributed by atoms with Gasteiger partial charge in [0, 0.05) is 32.5 Å². The largest absolute Gasteiger partial charge is 0.493 e. The molecule has 2 N–H and O–H groups in total. The number of piperidine rings is 2. The van der Waals surface area contributed by atoms with E-state index < -0.39 is 10.8 Å². The summed E-state index contributed by atoms with van der Waals surface area (Å²) in [5.74, 6) is 1.99. The van der Waals surface area contributed by atoms with E-state index in [0.717, 1.165) is 48.5 Å². The van der Waals surface area contributed by atoms with E-state index in [-0.39, 0.29) is 11.3 Å². The van der Waals surface area contributed by atoms with E-state index in [9.17, 15) is 13.9 Å². The summed E-state index contributed by atoms with van der Waals surface area (Å²) in [5, 5.41) is 5.77. The van der Waals surface area contributed by atoms with Gasteiger partial charge in [-0.15, -0.1) is 4.40 Å². The summed E-state index contributed by atoms with van der Waals surface area (Å²) < 4.78 is 31.0. The second-order valence-corrected chi connectivity index (χ2v) is 10.6. The molecule has 0 spiro atoms. The van der Waals surface area contributed by atoms with Crippen molar-refractivity contribution in [3.63, 3.8) is 0 Å². The van der Waals surface area contributed by atoms with Crippen LogP contribution in [0.5, 0.6) is 5.75 Å². The maximum atomic E-state index is 11.6. The lowest BCUT2D eigenvalue weighted by Gasteiger charge is -2.56. The molecule has 162 valence electrons. The van der Waals surface area contributed by atoms with Crippen LogP contribution in [0.25, 0.3) is 0 Å². The monoisotopic (exact) mass is 432 g/mol. The van der Waals surface area contributed by atoms with Gasteiger partial charge in [-0.2, -0.15) is 5.10 Å². The average Bonchev–Trinajstić information content (AvgIpc) is 2.75. The number of hydrogen-bond acceptors (Lipinski definition) is 7. The Hall–Kier alpha value is -2.10. The van der Waals surface area contributed by atoms with Gasteiger partial charge in [-0.3, -0.25) is 13.9 Å². The molecule has 4 aliphatic heterocycles. The van der Waals surface area contributed by atoms with Crippen molar-refractivity contribution in [1.82, 2.24) is 9.91 Å². The van der Waals surface area contributed by atoms with E-state index in [4.69, 9.17) is 4.74 Å². The molecule has 0 unspecified atom stereocenters. The van der Waals surface area contributed by atoms with Crippen LogP contribution in [-0.2, 0) is 4.79 Å². The van der Waals surface area contributed by atoms with E-state index in [1.165, 1.54) is 5.01 Å². The number of amidine groups is 1. The van der Waals surface area contributed by atoms with Crippen LogP contribution in [0.4, 0.5) is 0 Å². The molecule has 1 saturated carbocycles. The van der Waals surface area contributed by atoms with Crippen LogP contribution in [-0.4, -0.2) is 68.5 Å². The van der Waals surface area contributed by atoms with Gasteiger partial charge in [0.25, 0.3) is 0 Å². The molecule has 2 bridgehead atoms. The van der Waals surface area contributed by atoms with Gasteiger partial charge < -0.3 is 9.64 Å². The first-order valence-electron chi connectivity index (χ1n) is 10.6. The van der Waals surface area contributed by atoms with Gasteiger partial charge in [-0.05, 0) is 55.5 Å². The van der Waals surface area contributed by atoms with Gasteiger partial charge in [0.05, 0.1) is 16.9 Å². The predicted molar refractivity (Wildman–Crippen MR) is 117 cm³/mol. The van der Waals surface area contributed by atoms with E-state index >= 15 is 0 Å². The summed E-state index contributed by atoms with van der Waals surface area (Å²) in [6, 6.07) is 8.31. The summed E-state index contributed by atoms with van der Waals surface area (Å²) >= 11 is 0. The Balaban J connectivity index is 1.31. The highest BCUT2D eigenvalue weighted by molar-refractivity contribution is 8.23. The van der Waals surface area contributed by atoms with Crippen molar-refractivity contribution in [2.75, 3.05) is 26.0 Å². The van der Waals surface area contributed by atoms with Crippen molar-refractivity contribution in [3.8, 4) is 5.75 Å². The molecule has 1 aliphatic carbocycles. The Kier molecular flexibility index (Phi) is 4.79. The van der Waals surface area contributed by atoms with Crippen LogP contribution in [0.3, 0.4) is 0 Å². The molecule has 2 saturated heterocycles. The third-order valence-electron chi connectivity index (χ3n) is 6.85. The Morgan fingerprint density at radius 1 is 1.20 bits per heavy atom. The minimum atomic E-state index is -2.87. The highest BCUT2D eigenvalue weighted by atomic mass is 32.3. The minimum Gasteiger partial charge on any atom is -0.493 e. The van der Waals surface area contributed by atoms with Gasteiger partial charge in [-0.1, -0.05) is 10.8 Å². The molecule has 0 atom stereocenters. The SMILES string of the molecule is CN1N=C(c2ccc(OCC34CCC(CC3)N3CCS(O)(O)N=C34)cc2)CCC1=O. The molecule has 1 aromatic carbocycles. The summed E-state index contributed by atoms with van der Waals surface area (Å²) in [6.07, 6.45) is 5.28. The average molecular weight is 433 g/mol. The van der Waals surface area contributed by atoms with Crippen LogP contribution in [0.1, 0.15) is 44.1 Å². The van der Waals surface area contributed by atoms with E-state index in [2.05, 4.69) is 14.4 Å². The standard InChI is InChI=1S/C21H28N4O4S/c1-24-19(26)7-6-18(22-24)15-2-4-17(5-3-15)29-14-21-10-8-16(9-11-21)25-12-13-30(27,28)23-20(21)25/h2-5,16,27-28H,6-14H2,1H3. The van der Waals surface area contributed by atoms with Crippen molar-refractivity contribution in [2.24, 2.45) is 14.9 Å². The quantitative estimate of drug-likeness (QED) is 0.760. The first kappa shape index (κ1) is 19.8. The van der Waals surface area contributed by atoms with Gasteiger partial charge >= 0.3 is 0 Å². The van der Waals surface area contributed by atoms with Crippen molar-refractivity contribution in [2.45, 2.75) is 44.6 Å². The summed E-state index contributed by atoms with van der Waals surface area (Å²) in [4.78, 5) is 13.9. The second kappa shape index (κ2) is 7.25. The summed E-state index contributed by atoms with van der Waals surface area (Å²) in [5.41, 5.74) is 1.66. The molecular formula is C21H28N4O4S. The molecule has 0 aromatic heterocycles. The number of fused-ring (bicyclic) bond motifs is 2. The topological polar surface area (TPSA) is 98.0 Å². The smallest absolute Gasteiger partial charge is 0.242 e. The third-order valence-corrected chi connectivity index (χ3v) is 8.04. The molecule has 5 aliphatic rings. The molecule has 4 heterocycles. The van der Waals surface area contributed by atoms with Crippen LogP contribution >= 0.6 is 10.8 Å². The van der Waals surface area contributed by atoms with Crippen molar-refractivity contribution >= 4 is 28.2 Å². The highest BCUT2D eigenvalue weighted by Crippen LogP contribution is 2.53. The van der Waals surface area contributed by atoms with E-state index in [1.54, 1.807) is 7.05 Å². The Labute approximate surface area is 178 Å². The maximum absolute atomic E-state index is 11.6.